The van der Waals surface area contributed by atoms with E-state index in [0.29, 0.717) is 5.56 Å². The highest BCUT2D eigenvalue weighted by Gasteiger charge is 2.47. The molecule has 1 unspecified atom stereocenters. The number of carboxylic acids is 1. The lowest BCUT2D eigenvalue weighted by Crippen LogP contribution is -2.38. The van der Waals surface area contributed by atoms with Crippen molar-refractivity contribution in [2.75, 3.05) is 13.1 Å². The van der Waals surface area contributed by atoms with Crippen LogP contribution in [0.5, 0.6) is 0 Å². The fraction of sp³-hybridized carbons (Fsp3) is 0.455. The topological polar surface area (TPSA) is 57.6 Å². The molecule has 1 fully saturated rings. The predicted octanol–water partition coefficient (Wildman–Crippen LogP) is 1.70. The Kier molecular flexibility index (Phi) is 2.91. The summed E-state index contributed by atoms with van der Waals surface area (Å²) < 4.78 is 13.8. The van der Waals surface area contributed by atoms with Crippen molar-refractivity contribution >= 4 is 23.2 Å². The second kappa shape index (κ2) is 4.10. The van der Waals surface area contributed by atoms with Gasteiger partial charge in [0.2, 0.25) is 5.67 Å². The number of aryl methyl sites for hydroxylation is 1. The molecule has 1 aromatic rings. The van der Waals surface area contributed by atoms with E-state index in [0.717, 1.165) is 5.56 Å². The summed E-state index contributed by atoms with van der Waals surface area (Å²) in [4.78, 5) is 24.0. The van der Waals surface area contributed by atoms with Crippen LogP contribution in [0.15, 0.2) is 10.8 Å². The van der Waals surface area contributed by atoms with Gasteiger partial charge in [0.1, 0.15) is 0 Å². The van der Waals surface area contributed by atoms with Gasteiger partial charge in [-0.25, -0.2) is 9.18 Å². The van der Waals surface area contributed by atoms with E-state index in [-0.39, 0.29) is 25.4 Å². The number of nitrogens with zero attached hydrogens (tertiary/aromatic N) is 1. The molecule has 2 heterocycles. The predicted molar refractivity (Wildman–Crippen MR) is 61.1 cm³/mol. The monoisotopic (exact) mass is 257 g/mol. The molecular formula is C11H12FNO3S. The molecule has 2 rings (SSSR count). The number of hydrogen-bond donors (Lipinski definition) is 1. The van der Waals surface area contributed by atoms with Gasteiger partial charge in [0.25, 0.3) is 5.91 Å². The first-order valence-corrected chi connectivity index (χ1v) is 6.13. The lowest BCUT2D eigenvalue weighted by molar-refractivity contribution is -0.149. The first-order valence-electron chi connectivity index (χ1n) is 5.18. The molecule has 1 amide bonds. The summed E-state index contributed by atoms with van der Waals surface area (Å²) in [7, 11) is 0. The third-order valence-corrected chi connectivity index (χ3v) is 3.84. The molecule has 4 nitrogen and oxygen atoms in total. The highest BCUT2D eigenvalue weighted by atomic mass is 32.1. The summed E-state index contributed by atoms with van der Waals surface area (Å²) in [6.07, 6.45) is -0.142. The van der Waals surface area contributed by atoms with Crippen LogP contribution in [-0.4, -0.2) is 40.6 Å². The zero-order valence-electron chi connectivity index (χ0n) is 9.27. The number of thiophene rings is 1. The molecule has 0 radical (unpaired) electrons. The molecule has 0 bridgehead atoms. The molecular weight excluding hydrogens is 245 g/mol. The van der Waals surface area contributed by atoms with Crippen LogP contribution in [0.2, 0.25) is 0 Å². The largest absolute Gasteiger partial charge is 0.479 e. The van der Waals surface area contributed by atoms with E-state index in [1.54, 1.807) is 12.3 Å². The molecule has 6 heteroatoms. The first kappa shape index (κ1) is 12.0. The SMILES string of the molecule is Cc1cscc1C(=O)N1CCC(F)(C(=O)O)C1. The molecule has 0 aromatic carbocycles. The van der Waals surface area contributed by atoms with Crippen LogP contribution < -0.4 is 0 Å². The number of carbonyl (C=O) groups is 2. The molecule has 1 saturated heterocycles. The number of halogens is 1. The Morgan fingerprint density at radius 2 is 2.24 bits per heavy atom. The fourth-order valence-corrected chi connectivity index (χ4v) is 2.69. The zero-order valence-corrected chi connectivity index (χ0v) is 10.1. The maximum absolute atomic E-state index is 13.8. The maximum Gasteiger partial charge on any atom is 0.343 e. The van der Waals surface area contributed by atoms with Gasteiger partial charge >= 0.3 is 5.97 Å². The van der Waals surface area contributed by atoms with Gasteiger partial charge in [-0.05, 0) is 17.9 Å². The van der Waals surface area contributed by atoms with Crippen molar-refractivity contribution in [3.05, 3.63) is 21.9 Å². The van der Waals surface area contributed by atoms with Crippen LogP contribution >= 0.6 is 11.3 Å². The summed E-state index contributed by atoms with van der Waals surface area (Å²) in [5.74, 6) is -1.78. The molecule has 1 atom stereocenters. The first-order chi connectivity index (χ1) is 7.94. The van der Waals surface area contributed by atoms with Gasteiger partial charge in [-0.3, -0.25) is 4.79 Å². The number of carboxylic acid groups (broad SMARTS) is 1. The summed E-state index contributed by atoms with van der Waals surface area (Å²) in [6, 6.07) is 0. The summed E-state index contributed by atoms with van der Waals surface area (Å²) in [5, 5.41) is 12.3. The van der Waals surface area contributed by atoms with Crippen LogP contribution in [-0.2, 0) is 4.79 Å². The van der Waals surface area contributed by atoms with Crippen LogP contribution in [0.1, 0.15) is 22.3 Å². The minimum absolute atomic E-state index is 0.142. The van der Waals surface area contributed by atoms with Crippen LogP contribution in [0, 0.1) is 6.92 Å². The van der Waals surface area contributed by atoms with Gasteiger partial charge in [-0.15, -0.1) is 0 Å². The minimum atomic E-state index is -2.29. The van der Waals surface area contributed by atoms with E-state index in [2.05, 4.69) is 0 Å². The van der Waals surface area contributed by atoms with Crippen molar-refractivity contribution in [2.45, 2.75) is 19.0 Å². The fourth-order valence-electron chi connectivity index (χ4n) is 1.87. The smallest absolute Gasteiger partial charge is 0.343 e. The lowest BCUT2D eigenvalue weighted by Gasteiger charge is -2.17. The van der Waals surface area contributed by atoms with E-state index in [1.165, 1.54) is 16.2 Å². The molecule has 1 aliphatic heterocycles. The van der Waals surface area contributed by atoms with E-state index >= 15 is 0 Å². The van der Waals surface area contributed by atoms with E-state index in [9.17, 15) is 14.0 Å². The summed E-state index contributed by atoms with van der Waals surface area (Å²) >= 11 is 1.40. The van der Waals surface area contributed by atoms with Crippen molar-refractivity contribution in [3.63, 3.8) is 0 Å². The molecule has 1 N–H and O–H groups in total. The Hall–Kier alpha value is -1.43. The summed E-state index contributed by atoms with van der Waals surface area (Å²) in [6.45, 7) is 1.59. The van der Waals surface area contributed by atoms with Crippen molar-refractivity contribution < 1.29 is 19.1 Å². The summed E-state index contributed by atoms with van der Waals surface area (Å²) in [5.41, 5.74) is -0.920. The second-order valence-corrected chi connectivity index (χ2v) is 4.96. The minimum Gasteiger partial charge on any atom is -0.479 e. The van der Waals surface area contributed by atoms with Gasteiger partial charge in [0, 0.05) is 18.3 Å². The average Bonchev–Trinajstić information content (AvgIpc) is 2.85. The van der Waals surface area contributed by atoms with Gasteiger partial charge in [0.05, 0.1) is 12.1 Å². The molecule has 92 valence electrons. The van der Waals surface area contributed by atoms with E-state index in [1.807, 2.05) is 5.38 Å². The molecule has 17 heavy (non-hydrogen) atoms. The van der Waals surface area contributed by atoms with Crippen LogP contribution in [0.25, 0.3) is 0 Å². The number of likely N-dealkylation sites (tertiary alicyclic amines) is 1. The number of carbonyl (C=O) groups excluding carboxylic acids is 1. The molecule has 0 spiro atoms. The third-order valence-electron chi connectivity index (χ3n) is 2.98. The van der Waals surface area contributed by atoms with E-state index in [4.69, 9.17) is 5.11 Å². The van der Waals surface area contributed by atoms with Crippen molar-refractivity contribution in [2.24, 2.45) is 0 Å². The number of alkyl halides is 1. The normalized spacial score (nSPS) is 24.0. The van der Waals surface area contributed by atoms with Crippen LogP contribution in [0.3, 0.4) is 0 Å². The number of rotatable bonds is 2. The van der Waals surface area contributed by atoms with E-state index < -0.39 is 11.6 Å². The highest BCUT2D eigenvalue weighted by Crippen LogP contribution is 2.28. The lowest BCUT2D eigenvalue weighted by atomic mass is 10.1. The molecule has 1 aliphatic rings. The van der Waals surface area contributed by atoms with Gasteiger partial charge in [-0.1, -0.05) is 0 Å². The van der Waals surface area contributed by atoms with Crippen LogP contribution in [0.4, 0.5) is 4.39 Å². The zero-order chi connectivity index (χ0) is 12.6. The van der Waals surface area contributed by atoms with Gasteiger partial charge < -0.3 is 10.0 Å². The Labute approximate surface area is 102 Å². The number of amides is 1. The number of hydrogen-bond acceptors (Lipinski definition) is 3. The van der Waals surface area contributed by atoms with Gasteiger partial charge in [-0.2, -0.15) is 11.3 Å². The Morgan fingerprint density at radius 3 is 2.71 bits per heavy atom. The standard InChI is InChI=1S/C11H12FNO3S/c1-7-4-17-5-8(7)9(14)13-3-2-11(12,6-13)10(15)16/h4-5H,2-3,6H2,1H3,(H,15,16). The Morgan fingerprint density at radius 1 is 1.53 bits per heavy atom. The van der Waals surface area contributed by atoms with Crippen molar-refractivity contribution in [3.8, 4) is 0 Å². The molecule has 0 aliphatic carbocycles. The maximum atomic E-state index is 13.8. The quantitative estimate of drug-likeness (QED) is 0.877. The second-order valence-electron chi connectivity index (χ2n) is 4.22. The molecule has 1 aromatic heterocycles. The van der Waals surface area contributed by atoms with Crippen molar-refractivity contribution in [1.82, 2.24) is 4.90 Å². The molecule has 0 saturated carbocycles. The highest BCUT2D eigenvalue weighted by molar-refractivity contribution is 7.08. The Balaban J connectivity index is 2.15. The Bertz CT molecular complexity index is 473. The van der Waals surface area contributed by atoms with Gasteiger partial charge in [0.15, 0.2) is 0 Å². The number of aliphatic carboxylic acids is 1. The van der Waals surface area contributed by atoms with Crippen molar-refractivity contribution in [1.29, 1.82) is 0 Å². The average molecular weight is 257 g/mol. The third kappa shape index (κ3) is 2.04.